The normalized spacial score (nSPS) is 17.0. The maximum atomic E-state index is 5.75. The average molecular weight is 509 g/mol. The highest BCUT2D eigenvalue weighted by molar-refractivity contribution is 14.0. The summed E-state index contributed by atoms with van der Waals surface area (Å²) in [5.74, 6) is 3.90. The van der Waals surface area contributed by atoms with E-state index in [1.807, 2.05) is 24.3 Å². The molecule has 2 heterocycles. The number of fused-ring (bicyclic) bond motifs is 2. The zero-order chi connectivity index (χ0) is 19.2. The highest BCUT2D eigenvalue weighted by Gasteiger charge is 2.20. The van der Waals surface area contributed by atoms with E-state index >= 15 is 0 Å². The predicted molar refractivity (Wildman–Crippen MR) is 125 cm³/mol. The van der Waals surface area contributed by atoms with Crippen LogP contribution < -0.4 is 24.8 Å². The van der Waals surface area contributed by atoms with E-state index < -0.39 is 0 Å². The molecule has 2 aromatic carbocycles. The van der Waals surface area contributed by atoms with Crippen molar-refractivity contribution < 1.29 is 14.2 Å². The molecule has 0 aliphatic carbocycles. The fourth-order valence-electron chi connectivity index (χ4n) is 3.57. The average Bonchev–Trinajstić information content (AvgIpc) is 3.20. The van der Waals surface area contributed by atoms with Crippen molar-refractivity contribution in [2.45, 2.75) is 25.7 Å². The van der Waals surface area contributed by atoms with Crippen molar-refractivity contribution in [3.63, 3.8) is 0 Å². The molecule has 2 aliphatic heterocycles. The Hall–Kier alpha value is -2.16. The first-order valence-corrected chi connectivity index (χ1v) is 9.96. The number of halogens is 1. The first-order valence-electron chi connectivity index (χ1n) is 9.96. The van der Waals surface area contributed by atoms with Crippen molar-refractivity contribution in [3.05, 3.63) is 53.6 Å². The number of guanidine groups is 1. The third-order valence-electron chi connectivity index (χ3n) is 5.04. The van der Waals surface area contributed by atoms with Gasteiger partial charge in [0.05, 0.1) is 6.61 Å². The van der Waals surface area contributed by atoms with Gasteiger partial charge in [0.15, 0.2) is 17.5 Å². The molecule has 2 aliphatic rings. The number of hydrogen-bond donors (Lipinski definition) is 2. The molecule has 0 radical (unpaired) electrons. The second kappa shape index (κ2) is 10.6. The Kier molecular flexibility index (Phi) is 7.85. The Morgan fingerprint density at radius 2 is 1.90 bits per heavy atom. The lowest BCUT2D eigenvalue weighted by Crippen LogP contribution is -2.38. The summed E-state index contributed by atoms with van der Waals surface area (Å²) in [5.41, 5.74) is 2.47. The van der Waals surface area contributed by atoms with E-state index in [0.717, 1.165) is 62.3 Å². The molecule has 2 aromatic rings. The second-order valence-electron chi connectivity index (χ2n) is 6.96. The number of benzene rings is 2. The smallest absolute Gasteiger partial charge is 0.231 e. The molecule has 1 atom stereocenters. The van der Waals surface area contributed by atoms with Gasteiger partial charge in [-0.3, -0.25) is 4.99 Å². The Bertz CT molecular complexity index is 844. The van der Waals surface area contributed by atoms with Gasteiger partial charge in [-0.05, 0) is 49.1 Å². The highest BCUT2D eigenvalue weighted by atomic mass is 127. The Morgan fingerprint density at radius 3 is 2.79 bits per heavy atom. The summed E-state index contributed by atoms with van der Waals surface area (Å²) < 4.78 is 16.6. The van der Waals surface area contributed by atoms with Crippen molar-refractivity contribution in [3.8, 4) is 17.2 Å². The number of nitrogens with one attached hydrogen (secondary N) is 2. The van der Waals surface area contributed by atoms with Crippen molar-refractivity contribution in [1.29, 1.82) is 0 Å². The van der Waals surface area contributed by atoms with Gasteiger partial charge in [0.25, 0.3) is 0 Å². The van der Waals surface area contributed by atoms with E-state index in [4.69, 9.17) is 19.2 Å². The number of nitrogens with zero attached hydrogens (tertiary/aromatic N) is 1. The van der Waals surface area contributed by atoms with Crippen LogP contribution >= 0.6 is 24.0 Å². The van der Waals surface area contributed by atoms with Gasteiger partial charge >= 0.3 is 0 Å². The molecule has 7 heteroatoms. The molecule has 0 amide bonds. The summed E-state index contributed by atoms with van der Waals surface area (Å²) in [6, 6.07) is 14.4. The summed E-state index contributed by atoms with van der Waals surface area (Å²) in [4.78, 5) is 4.82. The Balaban J connectivity index is 0.00000240. The molecule has 0 spiro atoms. The molecule has 0 saturated heterocycles. The second-order valence-corrected chi connectivity index (χ2v) is 6.96. The van der Waals surface area contributed by atoms with Gasteiger partial charge in [-0.2, -0.15) is 0 Å². The number of rotatable bonds is 6. The minimum atomic E-state index is 0. The van der Waals surface area contributed by atoms with Crippen LogP contribution in [0, 0.1) is 0 Å². The molecular formula is C22H28IN3O3. The third-order valence-corrected chi connectivity index (χ3v) is 5.04. The van der Waals surface area contributed by atoms with Crippen LogP contribution in [0.15, 0.2) is 47.5 Å². The first kappa shape index (κ1) is 21.5. The van der Waals surface area contributed by atoms with Crippen LogP contribution in [0.2, 0.25) is 0 Å². The third kappa shape index (κ3) is 5.46. The summed E-state index contributed by atoms with van der Waals surface area (Å²) in [5, 5.41) is 6.77. The van der Waals surface area contributed by atoms with E-state index in [9.17, 15) is 0 Å². The lowest BCUT2D eigenvalue weighted by atomic mass is 9.93. The maximum absolute atomic E-state index is 5.75. The minimum absolute atomic E-state index is 0. The van der Waals surface area contributed by atoms with Gasteiger partial charge in [-0.25, -0.2) is 0 Å². The Morgan fingerprint density at radius 1 is 1.03 bits per heavy atom. The van der Waals surface area contributed by atoms with Crippen LogP contribution in [-0.2, 0) is 6.42 Å². The molecule has 156 valence electrons. The summed E-state index contributed by atoms with van der Waals surface area (Å²) in [6.07, 6.45) is 1.89. The van der Waals surface area contributed by atoms with Crippen molar-refractivity contribution >= 4 is 29.9 Å². The van der Waals surface area contributed by atoms with Crippen LogP contribution in [-0.4, -0.2) is 39.0 Å². The molecule has 4 rings (SSSR count). The summed E-state index contributed by atoms with van der Waals surface area (Å²) in [7, 11) is 0. The Labute approximate surface area is 189 Å². The summed E-state index contributed by atoms with van der Waals surface area (Å²) in [6.45, 7) is 5.53. The van der Waals surface area contributed by atoms with E-state index in [2.05, 4.69) is 35.8 Å². The van der Waals surface area contributed by atoms with Crippen LogP contribution in [0.25, 0.3) is 0 Å². The molecule has 6 nitrogen and oxygen atoms in total. The standard InChI is InChI=1S/C22H27N3O3.HI/c1-2-23-22(24-11-9-16-7-8-20-21(13-16)28-15-27-20)25-14-17-10-12-26-19-6-4-3-5-18(17)19;/h3-8,13,17H,2,9-12,14-15H2,1H3,(H2,23,24,25);1H. The van der Waals surface area contributed by atoms with Crippen LogP contribution in [0.5, 0.6) is 17.2 Å². The minimum Gasteiger partial charge on any atom is -0.493 e. The molecular weight excluding hydrogens is 481 g/mol. The highest BCUT2D eigenvalue weighted by Crippen LogP contribution is 2.34. The van der Waals surface area contributed by atoms with Gasteiger partial charge in [0.1, 0.15) is 5.75 Å². The molecule has 29 heavy (non-hydrogen) atoms. The molecule has 2 N–H and O–H groups in total. The SMILES string of the molecule is CCNC(=NCC1CCOc2ccccc21)NCCc1ccc2c(c1)OCO2.I. The van der Waals surface area contributed by atoms with Crippen LogP contribution in [0.1, 0.15) is 30.4 Å². The molecule has 0 saturated carbocycles. The van der Waals surface area contributed by atoms with Crippen LogP contribution in [0.4, 0.5) is 0 Å². The van der Waals surface area contributed by atoms with Crippen LogP contribution in [0.3, 0.4) is 0 Å². The molecule has 0 bridgehead atoms. The molecule has 0 fully saturated rings. The maximum Gasteiger partial charge on any atom is 0.231 e. The number of para-hydroxylation sites is 1. The van der Waals surface area contributed by atoms with E-state index in [-0.39, 0.29) is 24.0 Å². The van der Waals surface area contributed by atoms with Gasteiger partial charge in [0.2, 0.25) is 6.79 Å². The van der Waals surface area contributed by atoms with Gasteiger partial charge in [-0.1, -0.05) is 24.3 Å². The number of ether oxygens (including phenoxy) is 3. The zero-order valence-electron chi connectivity index (χ0n) is 16.6. The number of aliphatic imine (C=N–C) groups is 1. The van der Waals surface area contributed by atoms with E-state index in [1.165, 1.54) is 11.1 Å². The van der Waals surface area contributed by atoms with Gasteiger partial charge in [-0.15, -0.1) is 24.0 Å². The zero-order valence-corrected chi connectivity index (χ0v) is 19.0. The van der Waals surface area contributed by atoms with E-state index in [1.54, 1.807) is 0 Å². The van der Waals surface area contributed by atoms with Gasteiger partial charge in [0, 0.05) is 25.6 Å². The first-order chi connectivity index (χ1) is 13.8. The largest absolute Gasteiger partial charge is 0.493 e. The van der Waals surface area contributed by atoms with E-state index in [0.29, 0.717) is 12.7 Å². The molecule has 1 unspecified atom stereocenters. The predicted octanol–water partition coefficient (Wildman–Crippen LogP) is 3.70. The van der Waals surface area contributed by atoms with Gasteiger partial charge < -0.3 is 24.8 Å². The number of hydrogen-bond acceptors (Lipinski definition) is 4. The summed E-state index contributed by atoms with van der Waals surface area (Å²) >= 11 is 0. The van der Waals surface area contributed by atoms with Crippen molar-refractivity contribution in [2.75, 3.05) is 33.0 Å². The monoisotopic (exact) mass is 509 g/mol. The topological polar surface area (TPSA) is 64.1 Å². The quantitative estimate of drug-likeness (QED) is 0.354. The lowest BCUT2D eigenvalue weighted by molar-refractivity contribution is 0.174. The van der Waals surface area contributed by atoms with Crippen molar-refractivity contribution in [1.82, 2.24) is 10.6 Å². The fourth-order valence-corrected chi connectivity index (χ4v) is 3.57. The van der Waals surface area contributed by atoms with Crippen molar-refractivity contribution in [2.24, 2.45) is 4.99 Å². The lowest BCUT2D eigenvalue weighted by Gasteiger charge is -2.25. The molecule has 0 aromatic heterocycles. The fraction of sp³-hybridized carbons (Fsp3) is 0.409.